The molecule has 1 unspecified atom stereocenters. The molecule has 2 rings (SSSR count). The molecule has 0 spiro atoms. The quantitative estimate of drug-likeness (QED) is 0.582. The van der Waals surface area contributed by atoms with Crippen molar-refractivity contribution in [1.82, 2.24) is 10.7 Å². The second-order valence-corrected chi connectivity index (χ2v) is 5.79. The van der Waals surface area contributed by atoms with Crippen LogP contribution in [0.4, 0.5) is 0 Å². The van der Waals surface area contributed by atoms with E-state index in [1.807, 2.05) is 19.1 Å². The molecule has 0 fully saturated rings. The monoisotopic (exact) mass is 332 g/mol. The number of hydrazone groups is 1. The molecular formula is C17H24N4O3. The largest absolute Gasteiger partial charge is 0.481 e. The average Bonchev–Trinajstić information content (AvgIpc) is 2.46. The number of guanidine groups is 1. The third-order valence-electron chi connectivity index (χ3n) is 3.08. The molecule has 0 saturated heterocycles. The van der Waals surface area contributed by atoms with E-state index in [0.717, 1.165) is 12.5 Å². The molecule has 24 heavy (non-hydrogen) atoms. The van der Waals surface area contributed by atoms with E-state index in [1.165, 1.54) is 5.56 Å². The van der Waals surface area contributed by atoms with Crippen LogP contribution in [0.5, 0.6) is 0 Å². The highest BCUT2D eigenvalue weighted by atomic mass is 16.4. The third-order valence-corrected chi connectivity index (χ3v) is 3.08. The van der Waals surface area contributed by atoms with Gasteiger partial charge in [0.05, 0.1) is 12.3 Å². The van der Waals surface area contributed by atoms with E-state index < -0.39 is 5.97 Å². The number of rotatable bonds is 3. The van der Waals surface area contributed by atoms with Crippen LogP contribution in [0.1, 0.15) is 51.2 Å². The zero-order chi connectivity index (χ0) is 18.1. The van der Waals surface area contributed by atoms with Gasteiger partial charge in [0.2, 0.25) is 11.9 Å². The predicted molar refractivity (Wildman–Crippen MR) is 94.2 cm³/mol. The first kappa shape index (κ1) is 19.3. The molecule has 1 aliphatic rings. The molecule has 0 saturated carbocycles. The Hall–Kier alpha value is -2.70. The number of carbonyl (C=O) groups is 2. The number of hydrogen-bond acceptors (Lipinski definition) is 5. The molecule has 1 aromatic rings. The standard InChI is InChI=1S/C15H20N4O.C2H4O2/c1-10(2)13-6-4-12(5-7-13)9-16-19-15-17-11(3)8-14(20)18-15;1-2(3)4/h4-7,9-11H,8H2,1-3H3,(H2,17,18,19,20);1H3,(H,3,4)/b16-9+;. The number of nitrogens with zero attached hydrogens (tertiary/aromatic N) is 2. The highest BCUT2D eigenvalue weighted by Gasteiger charge is 2.16. The topological polar surface area (TPSA) is 103 Å². The molecule has 0 bridgehead atoms. The Balaban J connectivity index is 0.000000648. The minimum Gasteiger partial charge on any atom is -0.481 e. The average molecular weight is 332 g/mol. The van der Waals surface area contributed by atoms with Crippen LogP contribution in [0.15, 0.2) is 34.4 Å². The van der Waals surface area contributed by atoms with Crippen LogP contribution in [0.2, 0.25) is 0 Å². The molecule has 0 aliphatic carbocycles. The van der Waals surface area contributed by atoms with Crippen molar-refractivity contribution in [2.75, 3.05) is 0 Å². The number of carboxylic acids is 1. The van der Waals surface area contributed by atoms with Crippen molar-refractivity contribution in [3.05, 3.63) is 35.4 Å². The van der Waals surface area contributed by atoms with Crippen molar-refractivity contribution >= 4 is 24.1 Å². The van der Waals surface area contributed by atoms with Crippen LogP contribution in [0, 0.1) is 0 Å². The summed E-state index contributed by atoms with van der Waals surface area (Å²) in [7, 11) is 0. The van der Waals surface area contributed by atoms with Crippen molar-refractivity contribution in [3.63, 3.8) is 0 Å². The van der Waals surface area contributed by atoms with E-state index in [4.69, 9.17) is 9.90 Å². The Morgan fingerprint density at radius 3 is 2.50 bits per heavy atom. The van der Waals surface area contributed by atoms with Gasteiger partial charge in [-0.1, -0.05) is 38.1 Å². The molecule has 0 aromatic heterocycles. The number of nitrogens with one attached hydrogen (secondary N) is 2. The molecule has 1 heterocycles. The summed E-state index contributed by atoms with van der Waals surface area (Å²) < 4.78 is 0. The van der Waals surface area contributed by atoms with E-state index in [2.05, 4.69) is 46.8 Å². The van der Waals surface area contributed by atoms with Gasteiger partial charge in [-0.15, -0.1) is 0 Å². The number of benzene rings is 1. The fraction of sp³-hybridized carbons (Fsp3) is 0.412. The molecular weight excluding hydrogens is 308 g/mol. The van der Waals surface area contributed by atoms with Crippen molar-refractivity contribution in [1.29, 1.82) is 0 Å². The first-order valence-electron chi connectivity index (χ1n) is 7.74. The summed E-state index contributed by atoms with van der Waals surface area (Å²) >= 11 is 0. The Bertz CT molecular complexity index is 617. The highest BCUT2D eigenvalue weighted by Crippen LogP contribution is 2.13. The van der Waals surface area contributed by atoms with E-state index in [1.54, 1.807) is 6.21 Å². The SMILES string of the molecule is CC(=O)O.CC1CC(=O)NC(N/N=C/c2ccc(C(C)C)cc2)=N1. The zero-order valence-corrected chi connectivity index (χ0v) is 14.4. The van der Waals surface area contributed by atoms with Gasteiger partial charge >= 0.3 is 0 Å². The fourth-order valence-electron chi connectivity index (χ4n) is 1.94. The zero-order valence-electron chi connectivity index (χ0n) is 14.4. The molecule has 1 atom stereocenters. The smallest absolute Gasteiger partial charge is 0.300 e. The van der Waals surface area contributed by atoms with Gasteiger partial charge in [-0.05, 0) is 24.0 Å². The van der Waals surface area contributed by atoms with Crippen molar-refractivity contribution in [2.24, 2.45) is 10.1 Å². The number of hydrogen-bond donors (Lipinski definition) is 3. The van der Waals surface area contributed by atoms with Crippen LogP contribution in [-0.4, -0.2) is 35.2 Å². The Kier molecular flexibility index (Phi) is 7.61. The first-order valence-corrected chi connectivity index (χ1v) is 7.74. The van der Waals surface area contributed by atoms with Crippen LogP contribution < -0.4 is 10.7 Å². The predicted octanol–water partition coefficient (Wildman–Crippen LogP) is 2.09. The van der Waals surface area contributed by atoms with E-state index in [9.17, 15) is 4.79 Å². The lowest BCUT2D eigenvalue weighted by Gasteiger charge is -2.16. The maximum absolute atomic E-state index is 11.3. The van der Waals surface area contributed by atoms with Gasteiger partial charge in [-0.2, -0.15) is 5.10 Å². The van der Waals surface area contributed by atoms with Crippen LogP contribution >= 0.6 is 0 Å². The minimum atomic E-state index is -0.833. The highest BCUT2D eigenvalue weighted by molar-refractivity contribution is 5.99. The second-order valence-electron chi connectivity index (χ2n) is 5.79. The summed E-state index contributed by atoms with van der Waals surface area (Å²) in [5.74, 6) is 0.0581. The normalized spacial score (nSPS) is 17.0. The molecule has 3 N–H and O–H groups in total. The Morgan fingerprint density at radius 1 is 1.42 bits per heavy atom. The summed E-state index contributed by atoms with van der Waals surface area (Å²) in [5.41, 5.74) is 5.05. The third kappa shape index (κ3) is 7.53. The van der Waals surface area contributed by atoms with Gasteiger partial charge in [-0.3, -0.25) is 14.9 Å². The molecule has 0 radical (unpaired) electrons. The molecule has 7 heteroatoms. The maximum Gasteiger partial charge on any atom is 0.300 e. The van der Waals surface area contributed by atoms with Crippen molar-refractivity contribution in [3.8, 4) is 0 Å². The number of carboxylic acid groups (broad SMARTS) is 1. The van der Waals surface area contributed by atoms with Crippen LogP contribution in [-0.2, 0) is 9.59 Å². The molecule has 130 valence electrons. The summed E-state index contributed by atoms with van der Waals surface area (Å²) in [6, 6.07) is 8.21. The fourth-order valence-corrected chi connectivity index (χ4v) is 1.94. The van der Waals surface area contributed by atoms with E-state index in [0.29, 0.717) is 18.3 Å². The molecule has 1 amide bonds. The van der Waals surface area contributed by atoms with Gasteiger partial charge in [0.1, 0.15) is 0 Å². The van der Waals surface area contributed by atoms with E-state index in [-0.39, 0.29) is 11.9 Å². The lowest BCUT2D eigenvalue weighted by atomic mass is 10.0. The van der Waals surface area contributed by atoms with Crippen molar-refractivity contribution < 1.29 is 14.7 Å². The first-order chi connectivity index (χ1) is 11.3. The van der Waals surface area contributed by atoms with Gasteiger partial charge < -0.3 is 5.11 Å². The number of aliphatic imine (C=N–C) groups is 1. The van der Waals surface area contributed by atoms with E-state index >= 15 is 0 Å². The lowest BCUT2D eigenvalue weighted by molar-refractivity contribution is -0.134. The van der Waals surface area contributed by atoms with Gasteiger partial charge in [0, 0.05) is 13.3 Å². The van der Waals surface area contributed by atoms with Gasteiger partial charge in [-0.25, -0.2) is 10.4 Å². The van der Waals surface area contributed by atoms with Crippen LogP contribution in [0.3, 0.4) is 0 Å². The number of aliphatic carboxylic acids is 1. The second kappa shape index (κ2) is 9.44. The lowest BCUT2D eigenvalue weighted by Crippen LogP contribution is -2.44. The number of carbonyl (C=O) groups excluding carboxylic acids is 1. The molecule has 1 aromatic carbocycles. The van der Waals surface area contributed by atoms with Crippen molar-refractivity contribution in [2.45, 2.75) is 46.1 Å². The molecule has 7 nitrogen and oxygen atoms in total. The summed E-state index contributed by atoms with van der Waals surface area (Å²) in [6.07, 6.45) is 2.13. The molecule has 1 aliphatic heterocycles. The Labute approximate surface area is 141 Å². The summed E-state index contributed by atoms with van der Waals surface area (Å²) in [4.78, 5) is 24.6. The van der Waals surface area contributed by atoms with Crippen LogP contribution in [0.25, 0.3) is 0 Å². The summed E-state index contributed by atoms with van der Waals surface area (Å²) in [5, 5.41) is 14.1. The maximum atomic E-state index is 11.3. The van der Waals surface area contributed by atoms with Gasteiger partial charge in [0.15, 0.2) is 0 Å². The Morgan fingerprint density at radius 2 is 2.00 bits per heavy atom. The minimum absolute atomic E-state index is 0.00762. The summed E-state index contributed by atoms with van der Waals surface area (Å²) in [6.45, 7) is 7.31. The van der Waals surface area contributed by atoms with Gasteiger partial charge in [0.25, 0.3) is 5.97 Å². The number of amides is 1.